The van der Waals surface area contributed by atoms with Gasteiger partial charge in [-0.25, -0.2) is 4.79 Å². The summed E-state index contributed by atoms with van der Waals surface area (Å²) in [6, 6.07) is 0.427. The van der Waals surface area contributed by atoms with Crippen LogP contribution in [0.15, 0.2) is 0 Å². The quantitative estimate of drug-likeness (QED) is 0.0462. The molecular weight excluding hydrogens is 636 g/mol. The van der Waals surface area contributed by atoms with Crippen molar-refractivity contribution in [3.8, 4) is 0 Å². The minimum absolute atomic E-state index is 0.0195. The van der Waals surface area contributed by atoms with E-state index in [1.54, 1.807) is 0 Å². The van der Waals surface area contributed by atoms with Gasteiger partial charge in [0.1, 0.15) is 12.7 Å². The zero-order chi connectivity index (χ0) is 37.8. The Bertz CT molecular complexity index is 760. The monoisotopic (exact) mass is 725 g/mol. The van der Waals surface area contributed by atoms with Crippen LogP contribution in [0.4, 0.5) is 0 Å². The van der Waals surface area contributed by atoms with Gasteiger partial charge in [0.25, 0.3) is 0 Å². The van der Waals surface area contributed by atoms with Crippen LogP contribution < -0.4 is 0 Å². The van der Waals surface area contributed by atoms with Crippen molar-refractivity contribution in [3.05, 3.63) is 0 Å². The lowest BCUT2D eigenvalue weighted by atomic mass is 9.94. The van der Waals surface area contributed by atoms with E-state index in [9.17, 15) is 9.59 Å². The molecule has 51 heavy (non-hydrogen) atoms. The lowest BCUT2D eigenvalue weighted by molar-refractivity contribution is -0.155. The average Bonchev–Trinajstić information content (AvgIpc) is 3.12. The molecule has 0 aromatic heterocycles. The summed E-state index contributed by atoms with van der Waals surface area (Å²) < 4.78 is 17.6. The molecule has 0 aromatic carbocycles. The van der Waals surface area contributed by atoms with Crippen LogP contribution in [0.25, 0.3) is 0 Å². The minimum Gasteiger partial charge on any atom is -0.465 e. The summed E-state index contributed by atoms with van der Waals surface area (Å²) in [5.74, 6) is 0.0762. The van der Waals surface area contributed by atoms with Gasteiger partial charge in [-0.3, -0.25) is 9.69 Å². The van der Waals surface area contributed by atoms with E-state index < -0.39 is 0 Å². The van der Waals surface area contributed by atoms with Gasteiger partial charge in [-0.1, -0.05) is 144 Å². The number of unbranched alkanes of at least 4 members (excludes halogenated alkanes) is 15. The molecule has 0 rings (SSSR count). The summed E-state index contributed by atoms with van der Waals surface area (Å²) in [5.41, 5.74) is 0. The molecule has 0 bridgehead atoms. The number of esters is 2. The van der Waals surface area contributed by atoms with Gasteiger partial charge in [0.05, 0.1) is 13.2 Å². The van der Waals surface area contributed by atoms with Crippen molar-refractivity contribution >= 4 is 11.9 Å². The Hall–Kier alpha value is -1.18. The first-order valence-corrected chi connectivity index (χ1v) is 22.2. The van der Waals surface area contributed by atoms with E-state index >= 15 is 0 Å². The topological polar surface area (TPSA) is 68.3 Å². The summed E-state index contributed by atoms with van der Waals surface area (Å²) in [6.07, 6.45) is 27.7. The maximum Gasteiger partial charge on any atom is 0.332 e. The smallest absolute Gasteiger partial charge is 0.332 e. The van der Waals surface area contributed by atoms with Crippen LogP contribution in [-0.4, -0.2) is 86.4 Å². The molecule has 0 aliphatic carbocycles. The summed E-state index contributed by atoms with van der Waals surface area (Å²) >= 11 is 0. The fourth-order valence-electron chi connectivity index (χ4n) is 6.90. The van der Waals surface area contributed by atoms with Crippen molar-refractivity contribution in [3.63, 3.8) is 0 Å². The summed E-state index contributed by atoms with van der Waals surface area (Å²) in [5, 5.41) is 0. The molecule has 0 aliphatic heterocycles. The molecular formula is C44H88N2O5. The first-order valence-electron chi connectivity index (χ1n) is 22.2. The van der Waals surface area contributed by atoms with Gasteiger partial charge in [-0.2, -0.15) is 0 Å². The number of nitrogens with zero attached hydrogens (tertiary/aromatic N) is 2. The number of ether oxygens (including phenoxy) is 3. The van der Waals surface area contributed by atoms with E-state index in [0.717, 1.165) is 52.0 Å². The van der Waals surface area contributed by atoms with Crippen LogP contribution in [0.2, 0.25) is 0 Å². The summed E-state index contributed by atoms with van der Waals surface area (Å²) in [7, 11) is 0. The van der Waals surface area contributed by atoms with Gasteiger partial charge in [-0.15, -0.1) is 0 Å². The Balaban J connectivity index is 4.70. The SMILES string of the molecule is CCCCCCCCCCC(CCCCCCCC)COC(=O)CCCC(CCCCCC)OC(=O)COCCN(CCN(CC)CC)C(C)C. The average molecular weight is 725 g/mol. The zero-order valence-corrected chi connectivity index (χ0v) is 35.3. The first-order chi connectivity index (χ1) is 24.8. The largest absolute Gasteiger partial charge is 0.465 e. The highest BCUT2D eigenvalue weighted by molar-refractivity contribution is 5.71. The van der Waals surface area contributed by atoms with Crippen molar-refractivity contribution in [2.45, 2.75) is 215 Å². The third kappa shape index (κ3) is 32.0. The molecule has 0 saturated heterocycles. The minimum atomic E-state index is -0.296. The van der Waals surface area contributed by atoms with Crippen LogP contribution in [0.3, 0.4) is 0 Å². The van der Waals surface area contributed by atoms with E-state index in [-0.39, 0.29) is 24.6 Å². The first kappa shape index (κ1) is 49.8. The molecule has 0 saturated carbocycles. The van der Waals surface area contributed by atoms with Crippen molar-refractivity contribution in [2.24, 2.45) is 5.92 Å². The second kappa shape index (κ2) is 37.1. The molecule has 304 valence electrons. The fourth-order valence-corrected chi connectivity index (χ4v) is 6.90. The number of carbonyl (C=O) groups excluding carboxylic acids is 2. The van der Waals surface area contributed by atoms with Crippen molar-refractivity contribution in [1.29, 1.82) is 0 Å². The van der Waals surface area contributed by atoms with E-state index in [4.69, 9.17) is 14.2 Å². The number of carbonyl (C=O) groups is 2. The predicted octanol–water partition coefficient (Wildman–Crippen LogP) is 11.5. The van der Waals surface area contributed by atoms with E-state index in [1.807, 2.05) is 0 Å². The van der Waals surface area contributed by atoms with Crippen molar-refractivity contribution < 1.29 is 23.8 Å². The Morgan fingerprint density at radius 1 is 0.549 bits per heavy atom. The molecule has 0 amide bonds. The lowest BCUT2D eigenvalue weighted by Crippen LogP contribution is -2.40. The van der Waals surface area contributed by atoms with Crippen LogP contribution in [0, 0.1) is 5.92 Å². The Morgan fingerprint density at radius 3 is 1.57 bits per heavy atom. The third-order valence-corrected chi connectivity index (χ3v) is 10.6. The Morgan fingerprint density at radius 2 is 1.04 bits per heavy atom. The number of rotatable bonds is 39. The third-order valence-electron chi connectivity index (χ3n) is 10.6. The van der Waals surface area contributed by atoms with Gasteiger partial charge < -0.3 is 19.1 Å². The standard InChI is InChI=1S/C44H88N2O5/c1-8-13-16-19-21-22-24-26-30-41(29-25-23-20-17-14-9-2)38-50-43(47)33-28-32-42(31-27-18-15-10-3)51-44(48)39-49-37-36-46(40(6)7)35-34-45(11-4)12-5/h40-42H,8-39H2,1-7H3. The molecule has 0 aromatic rings. The highest BCUT2D eigenvalue weighted by Crippen LogP contribution is 2.21. The second-order valence-corrected chi connectivity index (χ2v) is 15.4. The number of hydrogen-bond acceptors (Lipinski definition) is 7. The Kier molecular flexibility index (Phi) is 36.3. The normalized spacial score (nSPS) is 13.0. The maximum absolute atomic E-state index is 12.8. The molecule has 2 atom stereocenters. The maximum atomic E-state index is 12.8. The molecule has 7 heteroatoms. The van der Waals surface area contributed by atoms with Gasteiger partial charge >= 0.3 is 11.9 Å². The molecule has 7 nitrogen and oxygen atoms in total. The van der Waals surface area contributed by atoms with Gasteiger partial charge in [0, 0.05) is 32.1 Å². The molecule has 0 aliphatic rings. The van der Waals surface area contributed by atoms with Crippen LogP contribution in [0.1, 0.15) is 203 Å². The van der Waals surface area contributed by atoms with E-state index in [1.165, 1.54) is 116 Å². The van der Waals surface area contributed by atoms with Gasteiger partial charge in [0.2, 0.25) is 0 Å². The van der Waals surface area contributed by atoms with Crippen LogP contribution >= 0.6 is 0 Å². The Labute approximate surface area is 318 Å². The molecule has 0 fully saturated rings. The fraction of sp³-hybridized carbons (Fsp3) is 0.955. The predicted molar refractivity (Wildman–Crippen MR) is 217 cm³/mol. The molecule has 0 spiro atoms. The highest BCUT2D eigenvalue weighted by atomic mass is 16.6. The lowest BCUT2D eigenvalue weighted by Gasteiger charge is -2.29. The molecule has 2 unspecified atom stereocenters. The number of hydrogen-bond donors (Lipinski definition) is 0. The molecule has 0 radical (unpaired) electrons. The van der Waals surface area contributed by atoms with E-state index in [2.05, 4.69) is 58.3 Å². The van der Waals surface area contributed by atoms with Crippen molar-refractivity contribution in [2.75, 3.05) is 52.5 Å². The second-order valence-electron chi connectivity index (χ2n) is 15.4. The van der Waals surface area contributed by atoms with Crippen LogP contribution in [-0.2, 0) is 23.8 Å². The van der Waals surface area contributed by atoms with Gasteiger partial charge in [-0.05, 0) is 71.4 Å². The van der Waals surface area contributed by atoms with E-state index in [0.29, 0.717) is 44.4 Å². The van der Waals surface area contributed by atoms with Crippen LogP contribution in [0.5, 0.6) is 0 Å². The molecule has 0 heterocycles. The highest BCUT2D eigenvalue weighted by Gasteiger charge is 2.18. The molecule has 0 N–H and O–H groups in total. The van der Waals surface area contributed by atoms with Crippen molar-refractivity contribution in [1.82, 2.24) is 9.80 Å². The summed E-state index contributed by atoms with van der Waals surface area (Å²) in [6.45, 7) is 21.6. The van der Waals surface area contributed by atoms with Gasteiger partial charge in [0.15, 0.2) is 0 Å². The number of likely N-dealkylation sites (N-methyl/N-ethyl adjacent to an activating group) is 1. The zero-order valence-electron chi connectivity index (χ0n) is 35.3. The summed E-state index contributed by atoms with van der Waals surface area (Å²) in [4.78, 5) is 30.5.